The van der Waals surface area contributed by atoms with Crippen LogP contribution in [0.25, 0.3) is 0 Å². The number of hydrogen-bond acceptors (Lipinski definition) is 4. The van der Waals surface area contributed by atoms with Gasteiger partial charge in [-0.15, -0.1) is 0 Å². The Morgan fingerprint density at radius 1 is 1.24 bits per heavy atom. The monoisotopic (exact) mass is 367 g/mol. The molecule has 0 saturated carbocycles. The zero-order valence-electron chi connectivity index (χ0n) is 13.3. The van der Waals surface area contributed by atoms with E-state index >= 15 is 0 Å². The summed E-state index contributed by atoms with van der Waals surface area (Å²) < 4.78 is 58.3. The summed E-state index contributed by atoms with van der Waals surface area (Å²) in [6, 6.07) is 7.28. The molecule has 0 saturated heterocycles. The highest BCUT2D eigenvalue weighted by Crippen LogP contribution is 2.38. The van der Waals surface area contributed by atoms with Crippen LogP contribution >= 0.6 is 0 Å². The van der Waals surface area contributed by atoms with Gasteiger partial charge in [0.2, 0.25) is 5.91 Å². The molecule has 2 aromatic rings. The molecule has 0 spiro atoms. The van der Waals surface area contributed by atoms with E-state index in [1.807, 2.05) is 4.72 Å². The molecule has 1 N–H and O–H groups in total. The van der Waals surface area contributed by atoms with Gasteiger partial charge >= 0.3 is 0 Å². The van der Waals surface area contributed by atoms with Crippen molar-refractivity contribution in [2.45, 2.75) is 23.7 Å². The zero-order valence-corrected chi connectivity index (χ0v) is 14.1. The third-order valence-corrected chi connectivity index (χ3v) is 5.56. The Labute approximate surface area is 143 Å². The average Bonchev–Trinajstić information content (AvgIpc) is 2.98. The molecule has 1 aliphatic rings. The van der Waals surface area contributed by atoms with Gasteiger partial charge in [-0.25, -0.2) is 21.9 Å². The second-order valence-electron chi connectivity index (χ2n) is 5.66. The number of methoxy groups -OCH3 is 1. The van der Waals surface area contributed by atoms with Crippen molar-refractivity contribution in [2.24, 2.45) is 0 Å². The average molecular weight is 367 g/mol. The smallest absolute Gasteiger partial charge is 0.266 e. The highest BCUT2D eigenvalue weighted by Gasteiger charge is 2.33. The second-order valence-corrected chi connectivity index (χ2v) is 7.31. The van der Waals surface area contributed by atoms with Gasteiger partial charge in [-0.05, 0) is 42.2 Å². The van der Waals surface area contributed by atoms with Crippen LogP contribution in [-0.2, 0) is 21.2 Å². The second kappa shape index (κ2) is 6.44. The highest BCUT2D eigenvalue weighted by atomic mass is 32.2. The van der Waals surface area contributed by atoms with Crippen LogP contribution in [0, 0.1) is 11.6 Å². The van der Waals surface area contributed by atoms with Crippen molar-refractivity contribution >= 4 is 15.9 Å². The van der Waals surface area contributed by atoms with Gasteiger partial charge < -0.3 is 4.74 Å². The molecule has 0 aromatic heterocycles. The lowest BCUT2D eigenvalue weighted by Gasteiger charge is -2.14. The number of hydrogen-bond donors (Lipinski definition) is 1. The molecule has 0 aliphatic heterocycles. The molecule has 132 valence electrons. The minimum atomic E-state index is -4.44. The zero-order chi connectivity index (χ0) is 18.2. The van der Waals surface area contributed by atoms with Crippen molar-refractivity contribution in [3.8, 4) is 5.75 Å². The summed E-state index contributed by atoms with van der Waals surface area (Å²) in [5, 5.41) is 0. The van der Waals surface area contributed by atoms with Crippen molar-refractivity contribution in [2.75, 3.05) is 7.11 Å². The summed E-state index contributed by atoms with van der Waals surface area (Å²) in [5.74, 6) is -2.95. The topological polar surface area (TPSA) is 72.5 Å². The maximum absolute atomic E-state index is 13.7. The summed E-state index contributed by atoms with van der Waals surface area (Å²) in [5.41, 5.74) is 1.54. The Hall–Kier alpha value is -2.48. The SMILES string of the molecule is COc1cccc2c1CCC2C(=O)NS(=O)(=O)c1ccc(F)cc1F. The lowest BCUT2D eigenvalue weighted by atomic mass is 10.0. The van der Waals surface area contributed by atoms with Crippen LogP contribution < -0.4 is 9.46 Å². The molecule has 1 amide bonds. The van der Waals surface area contributed by atoms with Gasteiger partial charge in [0, 0.05) is 6.07 Å². The van der Waals surface area contributed by atoms with Crippen molar-refractivity contribution in [3.05, 3.63) is 59.2 Å². The van der Waals surface area contributed by atoms with Gasteiger partial charge in [0.15, 0.2) is 0 Å². The maximum Gasteiger partial charge on any atom is 0.266 e. The standard InChI is InChI=1S/C17H15F2NO4S/c1-24-15-4-2-3-11-12(15)6-7-13(11)17(21)20-25(22,23)16-8-5-10(18)9-14(16)19/h2-5,8-9,13H,6-7H2,1H3,(H,20,21). The normalized spacial score (nSPS) is 16.4. The van der Waals surface area contributed by atoms with Crippen LogP contribution in [0.5, 0.6) is 5.75 Å². The van der Waals surface area contributed by atoms with Crippen LogP contribution in [0.4, 0.5) is 8.78 Å². The first-order chi connectivity index (χ1) is 11.8. The summed E-state index contributed by atoms with van der Waals surface area (Å²) >= 11 is 0. The van der Waals surface area contributed by atoms with E-state index in [9.17, 15) is 22.0 Å². The molecule has 2 aromatic carbocycles. The van der Waals surface area contributed by atoms with Crippen molar-refractivity contribution in [3.63, 3.8) is 0 Å². The minimum Gasteiger partial charge on any atom is -0.496 e. The number of benzene rings is 2. The minimum absolute atomic E-state index is 0.420. The van der Waals surface area contributed by atoms with E-state index in [1.165, 1.54) is 7.11 Å². The van der Waals surface area contributed by atoms with E-state index < -0.39 is 38.4 Å². The lowest BCUT2D eigenvalue weighted by Crippen LogP contribution is -2.34. The van der Waals surface area contributed by atoms with Crippen molar-refractivity contribution in [1.29, 1.82) is 0 Å². The summed E-state index contributed by atoms with van der Waals surface area (Å²) in [4.78, 5) is 11.7. The number of sulfonamides is 1. The Morgan fingerprint density at radius 3 is 2.68 bits per heavy atom. The fraction of sp³-hybridized carbons (Fsp3) is 0.235. The predicted molar refractivity (Wildman–Crippen MR) is 85.7 cm³/mol. The highest BCUT2D eigenvalue weighted by molar-refractivity contribution is 7.90. The van der Waals surface area contributed by atoms with Crippen LogP contribution in [0.15, 0.2) is 41.3 Å². The number of ether oxygens (including phenoxy) is 1. The number of carbonyl (C=O) groups excluding carboxylic acids is 1. The molecule has 0 bridgehead atoms. The van der Waals surface area contributed by atoms with Crippen LogP contribution in [0.3, 0.4) is 0 Å². The molecule has 1 aliphatic carbocycles. The first-order valence-corrected chi connectivity index (χ1v) is 8.99. The number of rotatable bonds is 4. The summed E-state index contributed by atoms with van der Waals surface area (Å²) in [6.45, 7) is 0. The van der Waals surface area contributed by atoms with Crippen LogP contribution in [-0.4, -0.2) is 21.4 Å². The molecule has 8 heteroatoms. The molecule has 5 nitrogen and oxygen atoms in total. The third kappa shape index (κ3) is 3.21. The number of nitrogens with one attached hydrogen (secondary N) is 1. The Morgan fingerprint density at radius 2 is 2.00 bits per heavy atom. The van der Waals surface area contributed by atoms with Gasteiger partial charge in [-0.2, -0.15) is 0 Å². The van der Waals surface area contributed by atoms with E-state index in [-0.39, 0.29) is 0 Å². The molecule has 25 heavy (non-hydrogen) atoms. The van der Waals surface area contributed by atoms with E-state index in [0.717, 1.165) is 17.7 Å². The number of amides is 1. The van der Waals surface area contributed by atoms with Gasteiger partial charge in [-0.1, -0.05) is 12.1 Å². The van der Waals surface area contributed by atoms with Crippen LogP contribution in [0.1, 0.15) is 23.5 Å². The molecular formula is C17H15F2NO4S. The Bertz CT molecular complexity index is 944. The summed E-state index contributed by atoms with van der Waals surface area (Å²) in [6.07, 6.45) is 0.991. The quantitative estimate of drug-likeness (QED) is 0.901. The molecule has 3 rings (SSSR count). The number of carbonyl (C=O) groups is 1. The predicted octanol–water partition coefficient (Wildman–Crippen LogP) is 2.51. The molecule has 1 atom stereocenters. The van der Waals surface area contributed by atoms with Crippen molar-refractivity contribution < 1.29 is 26.7 Å². The molecule has 0 fully saturated rings. The summed E-state index contributed by atoms with van der Waals surface area (Å²) in [7, 11) is -2.92. The fourth-order valence-corrected chi connectivity index (χ4v) is 4.12. The van der Waals surface area contributed by atoms with E-state index in [2.05, 4.69) is 0 Å². The van der Waals surface area contributed by atoms with Crippen LogP contribution in [0.2, 0.25) is 0 Å². The fourth-order valence-electron chi connectivity index (χ4n) is 3.04. The van der Waals surface area contributed by atoms with Gasteiger partial charge in [0.1, 0.15) is 22.3 Å². The largest absolute Gasteiger partial charge is 0.496 e. The van der Waals surface area contributed by atoms with E-state index in [1.54, 1.807) is 18.2 Å². The molecule has 0 radical (unpaired) electrons. The van der Waals surface area contributed by atoms with E-state index in [4.69, 9.17) is 4.74 Å². The first kappa shape index (κ1) is 17.3. The number of halogens is 2. The first-order valence-electron chi connectivity index (χ1n) is 7.51. The van der Waals surface area contributed by atoms with Crippen molar-refractivity contribution in [1.82, 2.24) is 4.72 Å². The molecule has 0 heterocycles. The Balaban J connectivity index is 1.87. The molecule has 1 unspecified atom stereocenters. The maximum atomic E-state index is 13.7. The van der Waals surface area contributed by atoms with Gasteiger partial charge in [-0.3, -0.25) is 4.79 Å². The van der Waals surface area contributed by atoms with Gasteiger partial charge in [0.05, 0.1) is 13.0 Å². The molecular weight excluding hydrogens is 352 g/mol. The Kier molecular flexibility index (Phi) is 4.47. The van der Waals surface area contributed by atoms with Gasteiger partial charge in [0.25, 0.3) is 10.0 Å². The lowest BCUT2D eigenvalue weighted by molar-refractivity contribution is -0.120. The third-order valence-electron chi connectivity index (χ3n) is 4.18. The number of fused-ring (bicyclic) bond motifs is 1. The van der Waals surface area contributed by atoms with E-state index in [0.29, 0.717) is 30.2 Å².